The molecule has 0 atom stereocenters. The van der Waals surface area contributed by atoms with E-state index >= 15 is 0 Å². The number of carboxylic acid groups (broad SMARTS) is 1. The lowest BCUT2D eigenvalue weighted by Gasteiger charge is -2.36. The summed E-state index contributed by atoms with van der Waals surface area (Å²) < 4.78 is 16.4. The number of rotatable bonds is 4. The van der Waals surface area contributed by atoms with E-state index in [4.69, 9.17) is 13.3 Å². The Morgan fingerprint density at radius 2 is 1.11 bits per heavy atom. The van der Waals surface area contributed by atoms with E-state index in [2.05, 4.69) is 0 Å². The summed E-state index contributed by atoms with van der Waals surface area (Å²) in [6.07, 6.45) is 0. The summed E-state index contributed by atoms with van der Waals surface area (Å²) in [6.45, 7) is 0. The van der Waals surface area contributed by atoms with Crippen LogP contribution in [0.25, 0.3) is 0 Å². The Morgan fingerprint density at radius 3 is 1.63 bits per heavy atom. The van der Waals surface area contributed by atoms with Crippen LogP contribution in [0.3, 0.4) is 0 Å². The zero-order chi connectivity index (χ0) is 24.0. The Kier molecular flexibility index (Phi) is 5.10. The first-order valence-electron chi connectivity index (χ1n) is 11.1. The van der Waals surface area contributed by atoms with Crippen LogP contribution in [0.1, 0.15) is 28.2 Å². The number of hydrogen-bond donors (Lipinski definition) is 1. The minimum Gasteiger partial charge on any atom is -0.620 e. The lowest BCUT2D eigenvalue weighted by atomic mass is 9.86. The van der Waals surface area contributed by atoms with Crippen molar-refractivity contribution in [3.8, 4) is 23.0 Å². The van der Waals surface area contributed by atoms with E-state index in [-0.39, 0.29) is 0 Å². The van der Waals surface area contributed by atoms with Crippen molar-refractivity contribution >= 4 is 27.5 Å². The van der Waals surface area contributed by atoms with Crippen molar-refractivity contribution in [3.05, 3.63) is 119 Å². The van der Waals surface area contributed by atoms with Gasteiger partial charge >= 0.3 is 21.5 Å². The second-order valence-electron chi connectivity index (χ2n) is 8.37. The first-order valence-corrected chi connectivity index (χ1v) is 12.2. The summed E-state index contributed by atoms with van der Waals surface area (Å²) in [5.74, 6) is -0.269. The highest BCUT2D eigenvalue weighted by Crippen LogP contribution is 2.49. The van der Waals surface area contributed by atoms with Crippen molar-refractivity contribution in [1.29, 1.82) is 0 Å². The van der Waals surface area contributed by atoms with Crippen molar-refractivity contribution in [2.45, 2.75) is 10.2 Å². The summed E-state index contributed by atoms with van der Waals surface area (Å²) in [5, 5.41) is 10.6. The average Bonchev–Trinajstić information content (AvgIpc) is 2.89. The molecule has 4 aromatic carbocycles. The molecule has 2 aliphatic rings. The lowest BCUT2D eigenvalue weighted by molar-refractivity contribution is -0.140. The van der Waals surface area contributed by atoms with Crippen molar-refractivity contribution in [1.82, 2.24) is 0 Å². The van der Waals surface area contributed by atoms with Gasteiger partial charge in [-0.2, -0.15) is 0 Å². The van der Waals surface area contributed by atoms with Gasteiger partial charge in [0.15, 0.2) is 0 Å². The molecule has 1 radical (unpaired) electrons. The first kappa shape index (κ1) is 21.5. The van der Waals surface area contributed by atoms with E-state index < -0.39 is 37.7 Å². The fraction of sp³-hybridized carbons (Fsp3) is 0.0714. The summed E-state index contributed by atoms with van der Waals surface area (Å²) in [4.78, 5) is 26.6. The van der Waals surface area contributed by atoms with E-state index in [0.29, 0.717) is 45.3 Å². The molecule has 0 fully saturated rings. The number of fused-ring (bicyclic) bond motifs is 4. The van der Waals surface area contributed by atoms with Crippen LogP contribution < -0.4 is 9.47 Å². The largest absolute Gasteiger partial charge is 0.620 e. The van der Waals surface area contributed by atoms with E-state index in [0.717, 1.165) is 0 Å². The first-order chi connectivity index (χ1) is 17.1. The molecule has 1 N–H and O–H groups in total. The second kappa shape index (κ2) is 8.31. The predicted octanol–water partition coefficient (Wildman–Crippen LogP) is 5.22. The molecule has 4 aromatic rings. The number of carboxylic acids is 1. The molecule has 169 valence electrons. The summed E-state index contributed by atoms with van der Waals surface area (Å²) >= 11 is -1.40. The van der Waals surface area contributed by atoms with Gasteiger partial charge in [0.1, 0.15) is 33.2 Å². The molecule has 6 nitrogen and oxygen atoms in total. The standard InChI is InChI=1S/C14H10O3.C14H9O3.Al/c2*15-14(16)13-9-5-1-3-7-11(9)17-12-8-4-2-6-10(12)13;/h1-8,13H,(H,15,16);1-8H,(H,15,16);/q;;+1/p-1. The molecule has 0 bridgehead atoms. The molecule has 0 unspecified atom stereocenters. The van der Waals surface area contributed by atoms with Gasteiger partial charge < -0.3 is 18.4 Å². The number of aliphatic carboxylic acids is 1. The maximum atomic E-state index is 13.7. The SMILES string of the molecule is O=C([O][Al][C]1(C(=O)O)c2ccccc2Oc2ccccc21)C1c2ccccc2Oc2ccccc21. The van der Waals surface area contributed by atoms with Crippen molar-refractivity contribution in [2.75, 3.05) is 0 Å². The molecule has 0 amide bonds. The second-order valence-corrected chi connectivity index (χ2v) is 9.71. The Labute approximate surface area is 207 Å². The highest BCUT2D eigenvalue weighted by atomic mass is 27.1. The number of carbonyl (C=O) groups is 2. The van der Waals surface area contributed by atoms with Crippen molar-refractivity contribution in [3.63, 3.8) is 0 Å². The molecule has 2 aliphatic heterocycles. The van der Waals surface area contributed by atoms with Gasteiger partial charge in [-0.25, -0.2) is 0 Å². The fourth-order valence-electron chi connectivity index (χ4n) is 4.81. The summed E-state index contributed by atoms with van der Waals surface area (Å²) in [5.41, 5.74) is 2.32. The molecule has 35 heavy (non-hydrogen) atoms. The van der Waals surface area contributed by atoms with Gasteiger partial charge in [0.25, 0.3) is 5.97 Å². The average molecular weight is 477 g/mol. The van der Waals surface area contributed by atoms with Crippen LogP contribution in [0.5, 0.6) is 23.0 Å². The fourth-order valence-corrected chi connectivity index (χ4v) is 6.07. The Morgan fingerprint density at radius 1 is 0.686 bits per heavy atom. The molecule has 2 heterocycles. The topological polar surface area (TPSA) is 82.1 Å². The third-order valence-electron chi connectivity index (χ3n) is 6.45. The van der Waals surface area contributed by atoms with Crippen LogP contribution in [0, 0.1) is 0 Å². The van der Waals surface area contributed by atoms with E-state index in [1.165, 1.54) is 0 Å². The molecule has 0 aliphatic carbocycles. The Hall–Kier alpha value is -4.05. The van der Waals surface area contributed by atoms with Crippen LogP contribution >= 0.6 is 0 Å². The highest BCUT2D eigenvalue weighted by molar-refractivity contribution is 6.45. The van der Waals surface area contributed by atoms with Gasteiger partial charge in [-0.05, 0) is 24.3 Å². The minimum absolute atomic E-state index is 0.443. The molecule has 0 spiro atoms. The maximum absolute atomic E-state index is 13.7. The van der Waals surface area contributed by atoms with E-state index in [1.54, 1.807) is 48.5 Å². The number of hydrogen-bond acceptors (Lipinski definition) is 5. The number of carbonyl (C=O) groups excluding carboxylic acids is 1. The molecular formula is C28H18AlO6. The highest BCUT2D eigenvalue weighted by Gasteiger charge is 2.53. The minimum atomic E-state index is -1.54. The van der Waals surface area contributed by atoms with Gasteiger partial charge in [-0.15, -0.1) is 0 Å². The van der Waals surface area contributed by atoms with Crippen molar-refractivity contribution < 1.29 is 28.0 Å². The van der Waals surface area contributed by atoms with Gasteiger partial charge in [0, 0.05) is 22.3 Å². The van der Waals surface area contributed by atoms with Crippen LogP contribution in [0.2, 0.25) is 0 Å². The van der Waals surface area contributed by atoms with E-state index in [9.17, 15) is 14.7 Å². The molecular weight excluding hydrogens is 459 g/mol. The normalized spacial score (nSPS) is 14.6. The Bertz CT molecular complexity index is 1390. The molecule has 0 aromatic heterocycles. The quantitative estimate of drug-likeness (QED) is 0.406. The maximum Gasteiger partial charge on any atom is 0.556 e. The predicted molar refractivity (Wildman–Crippen MR) is 128 cm³/mol. The molecule has 7 heteroatoms. The van der Waals surface area contributed by atoms with Crippen LogP contribution in [0.15, 0.2) is 97.1 Å². The smallest absolute Gasteiger partial charge is 0.556 e. The monoisotopic (exact) mass is 477 g/mol. The zero-order valence-corrected chi connectivity index (χ0v) is 19.5. The van der Waals surface area contributed by atoms with Crippen LogP contribution in [-0.2, 0) is 17.7 Å². The number of benzene rings is 4. The van der Waals surface area contributed by atoms with Gasteiger partial charge in [-0.3, -0.25) is 9.59 Å². The zero-order valence-electron chi connectivity index (χ0n) is 18.4. The molecule has 0 saturated carbocycles. The van der Waals surface area contributed by atoms with Gasteiger partial charge in [0.2, 0.25) is 0 Å². The van der Waals surface area contributed by atoms with Crippen LogP contribution in [-0.4, -0.2) is 32.6 Å². The lowest BCUT2D eigenvalue weighted by Crippen LogP contribution is -2.47. The van der Waals surface area contributed by atoms with Gasteiger partial charge in [0.05, 0.1) is 0 Å². The van der Waals surface area contributed by atoms with Crippen molar-refractivity contribution in [2.24, 2.45) is 0 Å². The molecule has 6 rings (SSSR count). The third-order valence-corrected chi connectivity index (χ3v) is 8.02. The van der Waals surface area contributed by atoms with Gasteiger partial charge in [-0.1, -0.05) is 72.8 Å². The number of ether oxygens (including phenoxy) is 2. The van der Waals surface area contributed by atoms with Crippen LogP contribution in [0.4, 0.5) is 0 Å². The third kappa shape index (κ3) is 3.32. The summed E-state index contributed by atoms with van der Waals surface area (Å²) in [6, 6.07) is 28.7. The number of para-hydroxylation sites is 4. The van der Waals surface area contributed by atoms with E-state index in [1.807, 2.05) is 48.5 Å². The molecule has 0 saturated heterocycles. The summed E-state index contributed by atoms with van der Waals surface area (Å²) in [7, 11) is 0. The Balaban J connectivity index is 1.42.